The second-order valence-electron chi connectivity index (χ2n) is 8.34. The van der Waals surface area contributed by atoms with E-state index in [2.05, 4.69) is 6.92 Å². The number of nitrogens with zero attached hydrogens (tertiary/aromatic N) is 2. The van der Waals surface area contributed by atoms with E-state index in [0.717, 1.165) is 25.7 Å². The fraction of sp³-hybridized carbons (Fsp3) is 0.682. The highest BCUT2D eigenvalue weighted by molar-refractivity contribution is 6.01. The third kappa shape index (κ3) is 4.61. The van der Waals surface area contributed by atoms with Gasteiger partial charge in [0, 0.05) is 12.5 Å². The van der Waals surface area contributed by atoms with Crippen LogP contribution in [0.2, 0.25) is 0 Å². The molecular weight excluding hydrogens is 340 g/mol. The minimum atomic E-state index is -0.513. The second-order valence-corrected chi connectivity index (χ2v) is 8.34. The normalized spacial score (nSPS) is 19.9. The first-order valence-electron chi connectivity index (χ1n) is 10.2. The van der Waals surface area contributed by atoms with Crippen molar-refractivity contribution >= 4 is 5.78 Å². The Bertz CT molecular complexity index is 778. The number of aromatic hydroxyl groups is 1. The van der Waals surface area contributed by atoms with Gasteiger partial charge in [0.2, 0.25) is 5.88 Å². The average Bonchev–Trinajstić information content (AvgIpc) is 2.64. The van der Waals surface area contributed by atoms with E-state index in [4.69, 9.17) is 0 Å². The molecule has 5 nitrogen and oxygen atoms in total. The lowest BCUT2D eigenvalue weighted by molar-refractivity contribution is 0.0863. The fourth-order valence-corrected chi connectivity index (χ4v) is 4.19. The number of unbranched alkanes of at least 4 members (excludes halogenated alkanes) is 1. The SMILES string of the molecule is CCCCC1CCC(C(=O)c2c(C)c(C#N)c(=O)n(CC(C)C)c2O)CC1. The van der Waals surface area contributed by atoms with E-state index in [9.17, 15) is 20.0 Å². The van der Waals surface area contributed by atoms with E-state index in [-0.39, 0.29) is 41.2 Å². The largest absolute Gasteiger partial charge is 0.494 e. The van der Waals surface area contributed by atoms with Crippen LogP contribution in [-0.4, -0.2) is 15.5 Å². The van der Waals surface area contributed by atoms with E-state index in [0.29, 0.717) is 11.5 Å². The predicted molar refractivity (Wildman–Crippen MR) is 106 cm³/mol. The van der Waals surface area contributed by atoms with E-state index < -0.39 is 5.56 Å². The molecule has 0 spiro atoms. The average molecular weight is 373 g/mol. The van der Waals surface area contributed by atoms with Gasteiger partial charge in [-0.25, -0.2) is 0 Å². The Kier molecular flexibility index (Phi) is 7.24. The smallest absolute Gasteiger partial charge is 0.271 e. The van der Waals surface area contributed by atoms with Gasteiger partial charge in [0.1, 0.15) is 11.6 Å². The minimum absolute atomic E-state index is 0.0339. The van der Waals surface area contributed by atoms with Crippen LogP contribution in [0.1, 0.15) is 87.2 Å². The highest BCUT2D eigenvalue weighted by Crippen LogP contribution is 2.36. The molecule has 0 amide bonds. The number of hydrogen-bond acceptors (Lipinski definition) is 4. The van der Waals surface area contributed by atoms with Gasteiger partial charge in [0.25, 0.3) is 5.56 Å². The Morgan fingerprint density at radius 1 is 1.30 bits per heavy atom. The van der Waals surface area contributed by atoms with Crippen molar-refractivity contribution in [3.05, 3.63) is 27.0 Å². The third-order valence-electron chi connectivity index (χ3n) is 5.78. The molecule has 148 valence electrons. The lowest BCUT2D eigenvalue weighted by atomic mass is 9.76. The van der Waals surface area contributed by atoms with Crippen LogP contribution < -0.4 is 5.56 Å². The Morgan fingerprint density at radius 2 is 1.93 bits per heavy atom. The molecule has 0 unspecified atom stereocenters. The topological polar surface area (TPSA) is 83.1 Å². The molecule has 0 saturated heterocycles. The summed E-state index contributed by atoms with van der Waals surface area (Å²) in [5.74, 6) is 0.272. The zero-order chi connectivity index (χ0) is 20.1. The van der Waals surface area contributed by atoms with Gasteiger partial charge in [-0.15, -0.1) is 0 Å². The van der Waals surface area contributed by atoms with Crippen LogP contribution in [0, 0.1) is 36.0 Å². The van der Waals surface area contributed by atoms with E-state index >= 15 is 0 Å². The maximum atomic E-state index is 13.2. The Hall–Kier alpha value is -2.09. The summed E-state index contributed by atoms with van der Waals surface area (Å²) in [4.78, 5) is 25.7. The molecule has 1 aliphatic carbocycles. The van der Waals surface area contributed by atoms with Crippen molar-refractivity contribution < 1.29 is 9.90 Å². The number of pyridine rings is 1. The van der Waals surface area contributed by atoms with Crippen LogP contribution in [0.15, 0.2) is 4.79 Å². The summed E-state index contributed by atoms with van der Waals surface area (Å²) in [5.41, 5.74) is -0.0589. The maximum Gasteiger partial charge on any atom is 0.271 e. The van der Waals surface area contributed by atoms with Crippen molar-refractivity contribution in [3.63, 3.8) is 0 Å². The summed E-state index contributed by atoms with van der Waals surface area (Å²) in [6, 6.07) is 1.94. The number of nitriles is 1. The predicted octanol–water partition coefficient (Wildman–Crippen LogP) is 4.57. The lowest BCUT2D eigenvalue weighted by Crippen LogP contribution is -2.30. The first-order valence-corrected chi connectivity index (χ1v) is 10.2. The van der Waals surface area contributed by atoms with E-state index in [1.165, 1.54) is 23.8 Å². The van der Waals surface area contributed by atoms with Crippen LogP contribution in [0.4, 0.5) is 0 Å². The maximum absolute atomic E-state index is 13.2. The molecule has 0 radical (unpaired) electrons. The molecule has 0 aromatic carbocycles. The van der Waals surface area contributed by atoms with E-state index in [1.54, 1.807) is 6.92 Å². The molecule has 2 rings (SSSR count). The van der Waals surface area contributed by atoms with Crippen LogP contribution in [-0.2, 0) is 6.54 Å². The number of Topliss-reactive ketones (excluding diaryl/α,β-unsaturated/α-hetero) is 1. The molecule has 1 heterocycles. The van der Waals surface area contributed by atoms with Gasteiger partial charge in [-0.1, -0.05) is 40.0 Å². The molecular formula is C22H32N2O3. The van der Waals surface area contributed by atoms with Gasteiger partial charge in [-0.2, -0.15) is 5.26 Å². The van der Waals surface area contributed by atoms with Crippen molar-refractivity contribution in [2.75, 3.05) is 0 Å². The highest BCUT2D eigenvalue weighted by atomic mass is 16.3. The van der Waals surface area contributed by atoms with Gasteiger partial charge in [0.05, 0.1) is 5.56 Å². The number of carbonyl (C=O) groups excluding carboxylic acids is 1. The van der Waals surface area contributed by atoms with Crippen LogP contribution >= 0.6 is 0 Å². The highest BCUT2D eigenvalue weighted by Gasteiger charge is 2.32. The summed E-state index contributed by atoms with van der Waals surface area (Å²) in [5, 5.41) is 20.1. The monoisotopic (exact) mass is 372 g/mol. The van der Waals surface area contributed by atoms with Crippen molar-refractivity contribution in [1.82, 2.24) is 4.57 Å². The molecule has 27 heavy (non-hydrogen) atoms. The second kappa shape index (κ2) is 9.21. The van der Waals surface area contributed by atoms with Crippen molar-refractivity contribution in [2.24, 2.45) is 17.8 Å². The standard InChI is InChI=1S/C22H32N2O3/c1-5-6-7-16-8-10-17(11-9-16)20(25)19-15(4)18(12-23)21(26)24(22(19)27)13-14(2)3/h14,16-17,27H,5-11,13H2,1-4H3. The van der Waals surface area contributed by atoms with E-state index in [1.807, 2.05) is 19.9 Å². The van der Waals surface area contributed by atoms with Crippen molar-refractivity contribution in [2.45, 2.75) is 79.2 Å². The third-order valence-corrected chi connectivity index (χ3v) is 5.78. The number of carbonyl (C=O) groups is 1. The summed E-state index contributed by atoms with van der Waals surface area (Å²) < 4.78 is 1.19. The van der Waals surface area contributed by atoms with Gasteiger partial charge in [0.15, 0.2) is 5.78 Å². The van der Waals surface area contributed by atoms with Gasteiger partial charge < -0.3 is 5.11 Å². The number of aromatic nitrogens is 1. The Labute approximate surface area is 162 Å². The first-order chi connectivity index (χ1) is 12.8. The molecule has 1 aromatic rings. The van der Waals surface area contributed by atoms with Crippen molar-refractivity contribution in [1.29, 1.82) is 5.26 Å². The molecule has 0 aliphatic heterocycles. The molecule has 1 aromatic heterocycles. The fourth-order valence-electron chi connectivity index (χ4n) is 4.19. The minimum Gasteiger partial charge on any atom is -0.494 e. The summed E-state index contributed by atoms with van der Waals surface area (Å²) in [6.45, 7) is 7.93. The van der Waals surface area contributed by atoms with Gasteiger partial charge in [-0.05, 0) is 50.0 Å². The zero-order valence-corrected chi connectivity index (χ0v) is 17.0. The molecule has 0 atom stereocenters. The molecule has 1 fully saturated rings. The number of hydrogen-bond donors (Lipinski definition) is 1. The quantitative estimate of drug-likeness (QED) is 0.711. The lowest BCUT2D eigenvalue weighted by Gasteiger charge is -2.28. The van der Waals surface area contributed by atoms with Crippen LogP contribution in [0.3, 0.4) is 0 Å². The Balaban J connectivity index is 2.34. The van der Waals surface area contributed by atoms with Crippen LogP contribution in [0.5, 0.6) is 5.88 Å². The zero-order valence-electron chi connectivity index (χ0n) is 17.0. The summed E-state index contributed by atoms with van der Waals surface area (Å²) >= 11 is 0. The molecule has 1 N–H and O–H groups in total. The number of rotatable bonds is 7. The molecule has 1 saturated carbocycles. The first kappa shape index (κ1) is 21.2. The van der Waals surface area contributed by atoms with Crippen LogP contribution in [0.25, 0.3) is 0 Å². The Morgan fingerprint density at radius 3 is 2.44 bits per heavy atom. The summed E-state index contributed by atoms with van der Waals surface area (Å²) in [6.07, 6.45) is 7.35. The van der Waals surface area contributed by atoms with Gasteiger partial charge in [-0.3, -0.25) is 14.2 Å². The molecule has 1 aliphatic rings. The number of ketones is 1. The molecule has 5 heteroatoms. The molecule has 0 bridgehead atoms. The summed E-state index contributed by atoms with van der Waals surface area (Å²) in [7, 11) is 0. The van der Waals surface area contributed by atoms with Crippen molar-refractivity contribution in [3.8, 4) is 11.9 Å². The van der Waals surface area contributed by atoms with Gasteiger partial charge >= 0.3 is 0 Å².